The number of halogens is 6. The standard InChI is InChI=1S/C12H24NO2.C2HF6NO4S2/c1-6-7-8-13(4,5)9-10-15-12(14)11(2)3;3-1(4,5)14(10,11)9-15(12,13)2(6,7)8/h2,6-10H2,1,3-5H3;9H/q+1;. The Morgan fingerprint density at radius 1 is 0.967 bits per heavy atom. The fourth-order valence-corrected chi connectivity index (χ4v) is 3.36. The number of likely N-dealkylation sites (N-methyl/N-ethyl adjacent to an activating group) is 1. The molecule has 0 amide bonds. The van der Waals surface area contributed by atoms with Crippen LogP contribution in [-0.2, 0) is 29.6 Å². The number of alkyl halides is 6. The molecule has 30 heavy (non-hydrogen) atoms. The van der Waals surface area contributed by atoms with Crippen molar-refractivity contribution in [1.82, 2.24) is 4.13 Å². The minimum atomic E-state index is -6.60. The normalized spacial score (nSPS) is 13.3. The number of carbonyl (C=O) groups excluding carboxylic acids is 1. The highest BCUT2D eigenvalue weighted by Crippen LogP contribution is 2.27. The maximum Gasteiger partial charge on any atom is 0.512 e. The van der Waals surface area contributed by atoms with Crippen LogP contribution in [0.4, 0.5) is 26.3 Å². The third-order valence-corrected chi connectivity index (χ3v) is 6.20. The molecule has 0 saturated carbocycles. The lowest BCUT2D eigenvalue weighted by molar-refractivity contribution is -0.890. The summed E-state index contributed by atoms with van der Waals surface area (Å²) in [4.78, 5) is 11.1. The number of carbonyl (C=O) groups is 1. The number of hydrogen-bond donors (Lipinski definition) is 1. The zero-order valence-electron chi connectivity index (χ0n) is 16.7. The van der Waals surface area contributed by atoms with Crippen LogP contribution >= 0.6 is 0 Å². The number of unbranched alkanes of at least 4 members (excludes halogenated alkanes) is 1. The van der Waals surface area contributed by atoms with Gasteiger partial charge in [-0.3, -0.25) is 0 Å². The SMILES string of the molecule is C=C(C)C(=O)OCC[N+](C)(C)CCCC.O=S(=O)(NS(=O)(=O)C(F)(F)F)C(F)(F)F. The zero-order valence-corrected chi connectivity index (χ0v) is 18.4. The highest BCUT2D eigenvalue weighted by Gasteiger charge is 2.55. The van der Waals surface area contributed by atoms with Crippen molar-refractivity contribution >= 4 is 26.0 Å². The Labute approximate surface area is 171 Å². The third kappa shape index (κ3) is 11.7. The molecular formula is C14H25F6N2O6S2+. The van der Waals surface area contributed by atoms with E-state index in [1.54, 1.807) is 6.92 Å². The smallest absolute Gasteiger partial charge is 0.456 e. The second-order valence-corrected chi connectivity index (χ2v) is 10.2. The van der Waals surface area contributed by atoms with Crippen LogP contribution in [0.2, 0.25) is 0 Å². The molecule has 0 rings (SSSR count). The van der Waals surface area contributed by atoms with Crippen LogP contribution in [0.3, 0.4) is 0 Å². The van der Waals surface area contributed by atoms with Crippen LogP contribution in [-0.4, -0.2) is 72.1 Å². The van der Waals surface area contributed by atoms with Gasteiger partial charge in [-0.25, -0.2) is 21.6 Å². The highest BCUT2D eigenvalue weighted by molar-refractivity contribution is 8.05. The maximum atomic E-state index is 11.5. The van der Waals surface area contributed by atoms with Gasteiger partial charge in [0.1, 0.15) is 13.2 Å². The van der Waals surface area contributed by atoms with Gasteiger partial charge in [-0.15, -0.1) is 0 Å². The van der Waals surface area contributed by atoms with E-state index in [0.29, 0.717) is 12.2 Å². The quantitative estimate of drug-likeness (QED) is 0.228. The number of ether oxygens (including phenoxy) is 1. The van der Waals surface area contributed by atoms with Crippen molar-refractivity contribution in [3.63, 3.8) is 0 Å². The molecule has 0 aliphatic carbocycles. The minimum Gasteiger partial charge on any atom is -0.456 e. The molecule has 0 bridgehead atoms. The van der Waals surface area contributed by atoms with Gasteiger partial charge in [0.2, 0.25) is 0 Å². The monoisotopic (exact) mass is 495 g/mol. The summed E-state index contributed by atoms with van der Waals surface area (Å²) in [5.41, 5.74) is -11.8. The average Bonchev–Trinajstić information content (AvgIpc) is 2.50. The van der Waals surface area contributed by atoms with Crippen molar-refractivity contribution in [2.45, 2.75) is 37.7 Å². The van der Waals surface area contributed by atoms with Gasteiger partial charge in [-0.2, -0.15) is 26.3 Å². The lowest BCUT2D eigenvalue weighted by Crippen LogP contribution is -2.45. The summed E-state index contributed by atoms with van der Waals surface area (Å²) in [5, 5.41) is 0. The van der Waals surface area contributed by atoms with Crippen molar-refractivity contribution < 1.29 is 57.2 Å². The Bertz CT molecular complexity index is 747. The first kappa shape index (κ1) is 30.8. The third-order valence-electron chi connectivity index (χ3n) is 3.22. The Hall–Kier alpha value is -1.39. The number of nitrogens with zero attached hydrogens (tertiary/aromatic N) is 1. The predicted molar refractivity (Wildman–Crippen MR) is 95.6 cm³/mol. The molecular weight excluding hydrogens is 470 g/mol. The number of hydrogen-bond acceptors (Lipinski definition) is 6. The molecule has 0 aromatic heterocycles. The van der Waals surface area contributed by atoms with Gasteiger partial charge in [-0.05, 0) is 13.3 Å². The number of nitrogens with one attached hydrogen (secondary N) is 1. The summed E-state index contributed by atoms with van der Waals surface area (Å²) in [5.74, 6) is -0.287. The molecule has 0 saturated heterocycles. The van der Waals surface area contributed by atoms with Crippen molar-refractivity contribution in [2.24, 2.45) is 0 Å². The molecule has 0 radical (unpaired) electrons. The van der Waals surface area contributed by atoms with Crippen LogP contribution in [0.25, 0.3) is 0 Å². The second kappa shape index (κ2) is 11.3. The molecule has 0 aliphatic rings. The maximum absolute atomic E-state index is 11.5. The van der Waals surface area contributed by atoms with Gasteiger partial charge in [-0.1, -0.05) is 24.1 Å². The van der Waals surface area contributed by atoms with Crippen LogP contribution in [0.5, 0.6) is 0 Å². The Morgan fingerprint density at radius 3 is 1.67 bits per heavy atom. The van der Waals surface area contributed by atoms with Crippen molar-refractivity contribution in [2.75, 3.05) is 33.8 Å². The molecule has 0 fully saturated rings. The molecule has 1 N–H and O–H groups in total. The summed E-state index contributed by atoms with van der Waals surface area (Å²) in [6.07, 6.45) is 2.41. The summed E-state index contributed by atoms with van der Waals surface area (Å²) < 4.78 is 114. The van der Waals surface area contributed by atoms with Crippen LogP contribution < -0.4 is 4.13 Å². The van der Waals surface area contributed by atoms with E-state index in [2.05, 4.69) is 27.6 Å². The van der Waals surface area contributed by atoms with E-state index in [-0.39, 0.29) is 5.97 Å². The molecule has 0 unspecified atom stereocenters. The van der Waals surface area contributed by atoms with E-state index in [0.717, 1.165) is 17.6 Å². The van der Waals surface area contributed by atoms with Crippen LogP contribution in [0.15, 0.2) is 12.2 Å². The largest absolute Gasteiger partial charge is 0.512 e. The van der Waals surface area contributed by atoms with E-state index in [1.165, 1.54) is 12.8 Å². The molecule has 0 spiro atoms. The van der Waals surface area contributed by atoms with E-state index >= 15 is 0 Å². The Morgan fingerprint density at radius 2 is 1.37 bits per heavy atom. The molecule has 0 heterocycles. The fourth-order valence-electron chi connectivity index (χ4n) is 1.45. The van der Waals surface area contributed by atoms with Gasteiger partial charge in [0.05, 0.1) is 20.6 Å². The van der Waals surface area contributed by atoms with E-state index in [4.69, 9.17) is 4.74 Å². The van der Waals surface area contributed by atoms with Crippen LogP contribution in [0.1, 0.15) is 26.7 Å². The number of rotatable bonds is 9. The Kier molecular flexibility index (Phi) is 11.6. The lowest BCUT2D eigenvalue weighted by atomic mass is 10.3. The predicted octanol–water partition coefficient (Wildman–Crippen LogP) is 2.26. The molecule has 0 aromatic carbocycles. The van der Waals surface area contributed by atoms with Gasteiger partial charge in [0.15, 0.2) is 0 Å². The van der Waals surface area contributed by atoms with E-state index in [9.17, 15) is 48.0 Å². The van der Waals surface area contributed by atoms with Gasteiger partial charge in [0, 0.05) is 5.57 Å². The lowest BCUT2D eigenvalue weighted by Gasteiger charge is -2.29. The first-order chi connectivity index (χ1) is 13.1. The van der Waals surface area contributed by atoms with Crippen molar-refractivity contribution in [3.05, 3.63) is 12.2 Å². The second-order valence-electron chi connectivity index (χ2n) is 6.63. The zero-order chi connectivity index (χ0) is 24.6. The number of esters is 1. The molecule has 16 heteroatoms. The van der Waals surface area contributed by atoms with E-state index < -0.39 is 35.2 Å². The average molecular weight is 495 g/mol. The molecule has 8 nitrogen and oxygen atoms in total. The van der Waals surface area contributed by atoms with Gasteiger partial charge >= 0.3 is 37.0 Å². The highest BCUT2D eigenvalue weighted by atomic mass is 32.3. The van der Waals surface area contributed by atoms with Gasteiger partial charge < -0.3 is 9.22 Å². The van der Waals surface area contributed by atoms with Crippen molar-refractivity contribution in [3.8, 4) is 0 Å². The minimum absolute atomic E-state index is 0.287. The van der Waals surface area contributed by atoms with Gasteiger partial charge in [0.25, 0.3) is 0 Å². The number of sulfonamides is 2. The van der Waals surface area contributed by atoms with E-state index in [1.807, 2.05) is 0 Å². The summed E-state index contributed by atoms with van der Waals surface area (Å²) in [6, 6.07) is 0. The fraction of sp³-hybridized carbons (Fsp3) is 0.786. The molecule has 0 aromatic rings. The molecule has 0 atom stereocenters. The number of quaternary nitrogens is 1. The summed E-state index contributed by atoms with van der Waals surface area (Å²) in [7, 11) is -8.88. The Balaban J connectivity index is 0. The first-order valence-corrected chi connectivity index (χ1v) is 11.1. The summed E-state index contributed by atoms with van der Waals surface area (Å²) >= 11 is 0. The topological polar surface area (TPSA) is 107 Å². The molecule has 180 valence electrons. The molecule has 0 aliphatic heterocycles. The first-order valence-electron chi connectivity index (χ1n) is 8.15. The van der Waals surface area contributed by atoms with Crippen LogP contribution in [0, 0.1) is 0 Å². The van der Waals surface area contributed by atoms with Crippen molar-refractivity contribution in [1.29, 1.82) is 0 Å². The summed E-state index contributed by atoms with van der Waals surface area (Å²) in [6.45, 7) is 9.85.